The molecule has 1 heterocycles. The fourth-order valence-corrected chi connectivity index (χ4v) is 1.92. The number of carbonyl (C=O) groups excluding carboxylic acids is 1. The van der Waals surface area contributed by atoms with Crippen LogP contribution in [-0.2, 0) is 11.2 Å². The molecule has 0 fully saturated rings. The zero-order valence-corrected chi connectivity index (χ0v) is 10.2. The average molecular weight is 258 g/mol. The molecule has 1 amide bonds. The maximum Gasteiger partial charge on any atom is 0.303 e. The summed E-state index contributed by atoms with van der Waals surface area (Å²) in [4.78, 5) is 21.8. The zero-order chi connectivity index (χ0) is 13.8. The van der Waals surface area contributed by atoms with Gasteiger partial charge in [0, 0.05) is 18.3 Å². The van der Waals surface area contributed by atoms with E-state index in [9.17, 15) is 9.59 Å². The Kier molecular flexibility index (Phi) is 3.66. The van der Waals surface area contributed by atoms with Crippen molar-refractivity contribution >= 4 is 11.9 Å². The number of carbonyl (C=O) groups is 2. The van der Waals surface area contributed by atoms with Crippen LogP contribution in [-0.4, -0.2) is 21.6 Å². The van der Waals surface area contributed by atoms with Gasteiger partial charge < -0.3 is 15.4 Å². The Balaban J connectivity index is 2.30. The molecule has 0 saturated heterocycles. The quantitative estimate of drug-likeness (QED) is 0.854. The van der Waals surface area contributed by atoms with Crippen LogP contribution in [0.3, 0.4) is 0 Å². The zero-order valence-electron chi connectivity index (χ0n) is 10.2. The molecule has 19 heavy (non-hydrogen) atoms. The number of nitrogens with zero attached hydrogens (tertiary/aromatic N) is 1. The van der Waals surface area contributed by atoms with Crippen molar-refractivity contribution in [2.45, 2.75) is 12.8 Å². The van der Waals surface area contributed by atoms with Gasteiger partial charge in [0.1, 0.15) is 5.69 Å². The molecule has 0 aliphatic heterocycles. The number of carboxylic acid groups (broad SMARTS) is 1. The molecule has 1 aromatic carbocycles. The van der Waals surface area contributed by atoms with Crippen molar-refractivity contribution in [3.63, 3.8) is 0 Å². The molecule has 0 unspecified atom stereocenters. The fraction of sp³-hybridized carbons (Fsp3) is 0.143. The third kappa shape index (κ3) is 3.01. The van der Waals surface area contributed by atoms with E-state index in [1.165, 1.54) is 0 Å². The summed E-state index contributed by atoms with van der Waals surface area (Å²) in [6.45, 7) is 0. The van der Waals surface area contributed by atoms with Gasteiger partial charge in [-0.1, -0.05) is 12.1 Å². The molecule has 0 saturated carbocycles. The van der Waals surface area contributed by atoms with E-state index in [2.05, 4.69) is 0 Å². The molecule has 0 bridgehead atoms. The molecule has 5 nitrogen and oxygen atoms in total. The van der Waals surface area contributed by atoms with E-state index in [0.717, 1.165) is 11.3 Å². The summed E-state index contributed by atoms with van der Waals surface area (Å²) in [5, 5.41) is 8.68. The summed E-state index contributed by atoms with van der Waals surface area (Å²) < 4.78 is 1.69. The van der Waals surface area contributed by atoms with Crippen LogP contribution >= 0.6 is 0 Å². The van der Waals surface area contributed by atoms with Crippen LogP contribution in [0.25, 0.3) is 5.69 Å². The van der Waals surface area contributed by atoms with Crippen molar-refractivity contribution in [2.75, 3.05) is 0 Å². The highest BCUT2D eigenvalue weighted by Gasteiger charge is 2.08. The molecule has 5 heteroatoms. The van der Waals surface area contributed by atoms with Crippen molar-refractivity contribution < 1.29 is 14.7 Å². The van der Waals surface area contributed by atoms with Crippen LogP contribution in [0, 0.1) is 0 Å². The number of hydrogen-bond acceptors (Lipinski definition) is 2. The van der Waals surface area contributed by atoms with Gasteiger partial charge in [0.05, 0.1) is 0 Å². The van der Waals surface area contributed by atoms with Crippen LogP contribution in [0.2, 0.25) is 0 Å². The lowest BCUT2D eigenvalue weighted by Gasteiger charge is -2.08. The van der Waals surface area contributed by atoms with Crippen LogP contribution < -0.4 is 5.73 Å². The standard InChI is InChI=1S/C14H14N2O3/c15-14(19)12-5-2-8-16(12)11-4-1-3-10(9-11)6-7-13(17)18/h1-5,8-9H,6-7H2,(H2,15,19)(H,17,18). The van der Waals surface area contributed by atoms with Gasteiger partial charge in [-0.2, -0.15) is 0 Å². The Morgan fingerprint density at radius 2 is 2.00 bits per heavy atom. The molecule has 0 atom stereocenters. The van der Waals surface area contributed by atoms with Crippen LogP contribution in [0.15, 0.2) is 42.6 Å². The Morgan fingerprint density at radius 3 is 2.68 bits per heavy atom. The summed E-state index contributed by atoms with van der Waals surface area (Å²) in [7, 11) is 0. The Hall–Kier alpha value is -2.56. The number of aromatic nitrogens is 1. The number of hydrogen-bond donors (Lipinski definition) is 2. The highest BCUT2D eigenvalue weighted by atomic mass is 16.4. The Morgan fingerprint density at radius 1 is 1.21 bits per heavy atom. The van der Waals surface area contributed by atoms with Gasteiger partial charge in [-0.15, -0.1) is 0 Å². The number of amides is 1. The summed E-state index contributed by atoms with van der Waals surface area (Å²) in [6, 6.07) is 10.8. The van der Waals surface area contributed by atoms with Gasteiger partial charge in [-0.05, 0) is 36.2 Å². The van der Waals surface area contributed by atoms with Gasteiger partial charge in [-0.25, -0.2) is 0 Å². The van der Waals surface area contributed by atoms with Gasteiger partial charge >= 0.3 is 5.97 Å². The number of rotatable bonds is 5. The molecular weight excluding hydrogens is 244 g/mol. The van der Waals surface area contributed by atoms with Crippen LogP contribution in [0.4, 0.5) is 0 Å². The second-order valence-electron chi connectivity index (χ2n) is 4.19. The maximum atomic E-state index is 11.3. The second-order valence-corrected chi connectivity index (χ2v) is 4.19. The van der Waals surface area contributed by atoms with E-state index in [4.69, 9.17) is 10.8 Å². The predicted octanol–water partition coefficient (Wildman–Crippen LogP) is 1.59. The van der Waals surface area contributed by atoms with Crippen molar-refractivity contribution in [3.05, 3.63) is 53.9 Å². The molecule has 98 valence electrons. The summed E-state index contributed by atoms with van der Waals surface area (Å²) in [5.74, 6) is -1.33. The minimum atomic E-state index is -0.829. The first kappa shape index (κ1) is 12.9. The lowest BCUT2D eigenvalue weighted by molar-refractivity contribution is -0.136. The maximum absolute atomic E-state index is 11.3. The highest BCUT2D eigenvalue weighted by molar-refractivity contribution is 5.91. The number of primary amides is 1. The fourth-order valence-electron chi connectivity index (χ4n) is 1.92. The molecule has 1 aromatic heterocycles. The van der Waals surface area contributed by atoms with Gasteiger partial charge in [0.15, 0.2) is 0 Å². The number of aliphatic carboxylic acids is 1. The predicted molar refractivity (Wildman–Crippen MR) is 70.2 cm³/mol. The van der Waals surface area contributed by atoms with Gasteiger partial charge in [-0.3, -0.25) is 9.59 Å². The first-order chi connectivity index (χ1) is 9.08. The summed E-state index contributed by atoms with van der Waals surface area (Å²) in [6.07, 6.45) is 2.28. The molecule has 3 N–H and O–H groups in total. The van der Waals surface area contributed by atoms with Crippen molar-refractivity contribution in [3.8, 4) is 5.69 Å². The lowest BCUT2D eigenvalue weighted by atomic mass is 10.1. The van der Waals surface area contributed by atoms with Crippen LogP contribution in [0.5, 0.6) is 0 Å². The van der Waals surface area contributed by atoms with E-state index in [-0.39, 0.29) is 6.42 Å². The van der Waals surface area contributed by atoms with E-state index < -0.39 is 11.9 Å². The number of aryl methyl sites for hydroxylation is 1. The number of carboxylic acids is 1. The minimum absolute atomic E-state index is 0.0812. The van der Waals surface area contributed by atoms with Crippen molar-refractivity contribution in [1.82, 2.24) is 4.57 Å². The number of benzene rings is 1. The van der Waals surface area contributed by atoms with Gasteiger partial charge in [0.2, 0.25) is 0 Å². The van der Waals surface area contributed by atoms with E-state index in [1.807, 2.05) is 24.3 Å². The van der Waals surface area contributed by atoms with E-state index >= 15 is 0 Å². The normalized spacial score (nSPS) is 10.3. The molecule has 0 spiro atoms. The van der Waals surface area contributed by atoms with Crippen molar-refractivity contribution in [1.29, 1.82) is 0 Å². The smallest absolute Gasteiger partial charge is 0.303 e. The Labute approximate surface area is 110 Å². The van der Waals surface area contributed by atoms with Crippen LogP contribution in [0.1, 0.15) is 22.5 Å². The van der Waals surface area contributed by atoms with Crippen molar-refractivity contribution in [2.24, 2.45) is 5.73 Å². The molecule has 2 aromatic rings. The van der Waals surface area contributed by atoms with E-state index in [1.54, 1.807) is 22.9 Å². The molecule has 2 rings (SSSR count). The molecular formula is C14H14N2O3. The first-order valence-corrected chi connectivity index (χ1v) is 5.86. The third-order valence-electron chi connectivity index (χ3n) is 2.82. The number of nitrogens with two attached hydrogens (primary N) is 1. The molecule has 0 aliphatic carbocycles. The Bertz CT molecular complexity index is 617. The van der Waals surface area contributed by atoms with E-state index in [0.29, 0.717) is 12.1 Å². The first-order valence-electron chi connectivity index (χ1n) is 5.86. The van der Waals surface area contributed by atoms with Gasteiger partial charge in [0.25, 0.3) is 5.91 Å². The minimum Gasteiger partial charge on any atom is -0.481 e. The lowest BCUT2D eigenvalue weighted by Crippen LogP contribution is -2.15. The molecule has 0 aliphatic rings. The average Bonchev–Trinajstić information content (AvgIpc) is 2.86. The monoisotopic (exact) mass is 258 g/mol. The third-order valence-corrected chi connectivity index (χ3v) is 2.82. The summed E-state index contributed by atoms with van der Waals surface area (Å²) in [5.41, 5.74) is 7.39. The molecule has 0 radical (unpaired) electrons. The highest BCUT2D eigenvalue weighted by Crippen LogP contribution is 2.15. The summed E-state index contributed by atoms with van der Waals surface area (Å²) >= 11 is 0. The SMILES string of the molecule is NC(=O)c1cccn1-c1cccc(CCC(=O)O)c1. The topological polar surface area (TPSA) is 85.3 Å². The largest absolute Gasteiger partial charge is 0.481 e. The second kappa shape index (κ2) is 5.39.